The Bertz CT molecular complexity index is 740. The molecule has 1 aromatic heterocycles. The Morgan fingerprint density at radius 1 is 1.38 bits per heavy atom. The number of nitrogens with zero attached hydrogens (tertiary/aromatic N) is 2. The van der Waals surface area contributed by atoms with E-state index in [1.165, 1.54) is 12.1 Å². The Labute approximate surface area is 127 Å². The third-order valence-electron chi connectivity index (χ3n) is 2.71. The van der Waals surface area contributed by atoms with E-state index >= 15 is 0 Å². The first kappa shape index (κ1) is 15.8. The van der Waals surface area contributed by atoms with Crippen LogP contribution in [0.25, 0.3) is 11.5 Å². The molecule has 0 radical (unpaired) electrons. The van der Waals surface area contributed by atoms with Crippen molar-refractivity contribution in [2.45, 2.75) is 31.6 Å². The van der Waals surface area contributed by atoms with Crippen molar-refractivity contribution in [1.82, 2.24) is 10.1 Å². The van der Waals surface area contributed by atoms with Crippen LogP contribution in [0.2, 0.25) is 0 Å². The molecule has 0 bridgehead atoms. The van der Waals surface area contributed by atoms with Gasteiger partial charge in [-0.2, -0.15) is 4.98 Å². The molecule has 2 aromatic rings. The van der Waals surface area contributed by atoms with Crippen LogP contribution in [0, 0.1) is 0 Å². The molecule has 0 atom stereocenters. The Balaban J connectivity index is 2.50. The molecule has 0 aliphatic rings. The number of benzene rings is 1. The summed E-state index contributed by atoms with van der Waals surface area (Å²) in [6.45, 7) is 5.95. The van der Waals surface area contributed by atoms with Crippen LogP contribution in [0.4, 0.5) is 0 Å². The van der Waals surface area contributed by atoms with Crippen LogP contribution in [-0.2, 0) is 9.05 Å². The molecule has 0 aliphatic heterocycles. The van der Waals surface area contributed by atoms with Crippen molar-refractivity contribution in [2.24, 2.45) is 0 Å². The van der Waals surface area contributed by atoms with Gasteiger partial charge in [-0.1, -0.05) is 19.0 Å². The second kappa shape index (κ2) is 6.03. The summed E-state index contributed by atoms with van der Waals surface area (Å²) >= 11 is 0. The number of ether oxygens (including phenoxy) is 1. The zero-order valence-corrected chi connectivity index (χ0v) is 13.4. The third kappa shape index (κ3) is 3.54. The lowest BCUT2D eigenvalue weighted by atomic mass is 10.2. The first-order chi connectivity index (χ1) is 9.82. The highest BCUT2D eigenvalue weighted by Gasteiger charge is 2.20. The van der Waals surface area contributed by atoms with Gasteiger partial charge in [-0.15, -0.1) is 0 Å². The second-order valence-electron chi connectivity index (χ2n) is 4.64. The molecule has 0 amide bonds. The molecule has 0 saturated carbocycles. The lowest BCUT2D eigenvalue weighted by molar-refractivity contribution is 0.331. The topological polar surface area (TPSA) is 82.3 Å². The lowest BCUT2D eigenvalue weighted by Crippen LogP contribution is -2.00. The summed E-state index contributed by atoms with van der Waals surface area (Å²) in [5.74, 6) is 1.10. The molecule has 1 heterocycles. The minimum atomic E-state index is -3.94. The van der Waals surface area contributed by atoms with E-state index in [4.69, 9.17) is 19.9 Å². The highest BCUT2D eigenvalue weighted by Crippen LogP contribution is 2.32. The van der Waals surface area contributed by atoms with Gasteiger partial charge in [0.25, 0.3) is 14.9 Å². The molecule has 0 saturated heterocycles. The molecule has 2 rings (SSSR count). The predicted molar refractivity (Wildman–Crippen MR) is 78.0 cm³/mol. The highest BCUT2D eigenvalue weighted by molar-refractivity contribution is 8.13. The molecule has 0 aliphatic carbocycles. The third-order valence-corrected chi connectivity index (χ3v) is 4.05. The summed E-state index contributed by atoms with van der Waals surface area (Å²) in [6, 6.07) is 4.53. The maximum Gasteiger partial charge on any atom is 0.265 e. The standard InChI is InChI=1S/C13H15ClN2O4S/c1-4-19-10-6-5-9(7-11(10)21(14,17)18)13-15-12(8(2)3)16-20-13/h5-8H,4H2,1-3H3. The SMILES string of the molecule is CCOc1ccc(-c2nc(C(C)C)no2)cc1S(=O)(=O)Cl. The van der Waals surface area contributed by atoms with Crippen LogP contribution >= 0.6 is 10.7 Å². The van der Waals surface area contributed by atoms with Gasteiger partial charge in [-0.05, 0) is 25.1 Å². The van der Waals surface area contributed by atoms with Crippen LogP contribution in [0.5, 0.6) is 5.75 Å². The molecule has 6 nitrogen and oxygen atoms in total. The molecule has 114 valence electrons. The van der Waals surface area contributed by atoms with E-state index in [0.717, 1.165) is 0 Å². The average Bonchev–Trinajstić information content (AvgIpc) is 2.88. The summed E-state index contributed by atoms with van der Waals surface area (Å²) in [6.07, 6.45) is 0. The number of hydrogen-bond acceptors (Lipinski definition) is 6. The van der Waals surface area contributed by atoms with Gasteiger partial charge in [0.05, 0.1) is 6.61 Å². The Kier molecular flexibility index (Phi) is 4.53. The van der Waals surface area contributed by atoms with Gasteiger partial charge in [0.15, 0.2) is 5.82 Å². The molecule has 0 unspecified atom stereocenters. The predicted octanol–water partition coefficient (Wildman–Crippen LogP) is 3.19. The number of hydrogen-bond donors (Lipinski definition) is 0. The van der Waals surface area contributed by atoms with Gasteiger partial charge in [0.2, 0.25) is 0 Å². The Hall–Kier alpha value is -1.60. The van der Waals surface area contributed by atoms with E-state index in [-0.39, 0.29) is 22.5 Å². The van der Waals surface area contributed by atoms with Crippen molar-refractivity contribution in [1.29, 1.82) is 0 Å². The average molecular weight is 331 g/mol. The number of halogens is 1. The summed E-state index contributed by atoms with van der Waals surface area (Å²) < 4.78 is 33.7. The normalized spacial score (nSPS) is 11.9. The minimum Gasteiger partial charge on any atom is -0.492 e. The van der Waals surface area contributed by atoms with E-state index in [9.17, 15) is 8.42 Å². The van der Waals surface area contributed by atoms with Gasteiger partial charge in [0.1, 0.15) is 10.6 Å². The van der Waals surface area contributed by atoms with E-state index in [1.54, 1.807) is 13.0 Å². The molecule has 0 spiro atoms. The van der Waals surface area contributed by atoms with E-state index < -0.39 is 9.05 Å². The molecule has 1 aromatic carbocycles. The van der Waals surface area contributed by atoms with Crippen LogP contribution in [-0.4, -0.2) is 25.2 Å². The fraction of sp³-hybridized carbons (Fsp3) is 0.385. The van der Waals surface area contributed by atoms with Crippen molar-refractivity contribution in [3.63, 3.8) is 0 Å². The largest absolute Gasteiger partial charge is 0.492 e. The van der Waals surface area contributed by atoms with Gasteiger partial charge >= 0.3 is 0 Å². The molecule has 0 N–H and O–H groups in total. The zero-order chi connectivity index (χ0) is 15.6. The quantitative estimate of drug-likeness (QED) is 0.783. The van der Waals surface area contributed by atoms with Crippen molar-refractivity contribution < 1.29 is 17.7 Å². The summed E-state index contributed by atoms with van der Waals surface area (Å²) in [4.78, 5) is 4.10. The van der Waals surface area contributed by atoms with Gasteiger partial charge in [-0.25, -0.2) is 8.42 Å². The zero-order valence-electron chi connectivity index (χ0n) is 11.8. The summed E-state index contributed by atoms with van der Waals surface area (Å²) in [7, 11) is 1.50. The van der Waals surface area contributed by atoms with Gasteiger partial charge < -0.3 is 9.26 Å². The van der Waals surface area contributed by atoms with Gasteiger partial charge in [0, 0.05) is 22.2 Å². The van der Waals surface area contributed by atoms with Crippen LogP contribution < -0.4 is 4.74 Å². The molecule has 8 heteroatoms. The monoisotopic (exact) mass is 330 g/mol. The highest BCUT2D eigenvalue weighted by atomic mass is 35.7. The fourth-order valence-corrected chi connectivity index (χ4v) is 2.69. The Morgan fingerprint density at radius 3 is 2.62 bits per heavy atom. The van der Waals surface area contributed by atoms with E-state index in [0.29, 0.717) is 18.0 Å². The van der Waals surface area contributed by atoms with Crippen molar-refractivity contribution >= 4 is 19.7 Å². The Morgan fingerprint density at radius 2 is 2.10 bits per heavy atom. The summed E-state index contributed by atoms with van der Waals surface area (Å²) in [5.41, 5.74) is 0.470. The van der Waals surface area contributed by atoms with Gasteiger partial charge in [-0.3, -0.25) is 0 Å². The smallest absolute Gasteiger partial charge is 0.265 e. The van der Waals surface area contributed by atoms with Crippen molar-refractivity contribution in [2.75, 3.05) is 6.61 Å². The maximum atomic E-state index is 11.6. The van der Waals surface area contributed by atoms with Crippen LogP contribution in [0.15, 0.2) is 27.6 Å². The molecule has 0 fully saturated rings. The number of rotatable bonds is 5. The minimum absolute atomic E-state index is 0.112. The van der Waals surface area contributed by atoms with Crippen molar-refractivity contribution in [3.05, 3.63) is 24.0 Å². The molecule has 21 heavy (non-hydrogen) atoms. The molecular formula is C13H15ClN2O4S. The first-order valence-corrected chi connectivity index (χ1v) is 8.69. The number of aromatic nitrogens is 2. The maximum absolute atomic E-state index is 11.6. The van der Waals surface area contributed by atoms with E-state index in [1.807, 2.05) is 13.8 Å². The van der Waals surface area contributed by atoms with E-state index in [2.05, 4.69) is 10.1 Å². The van der Waals surface area contributed by atoms with Crippen molar-refractivity contribution in [3.8, 4) is 17.2 Å². The fourth-order valence-electron chi connectivity index (χ4n) is 1.69. The lowest BCUT2D eigenvalue weighted by Gasteiger charge is -2.08. The summed E-state index contributed by atoms with van der Waals surface area (Å²) in [5, 5.41) is 3.84. The van der Waals surface area contributed by atoms with Crippen LogP contribution in [0.1, 0.15) is 32.5 Å². The second-order valence-corrected chi connectivity index (χ2v) is 7.18. The van der Waals surface area contributed by atoms with Crippen LogP contribution in [0.3, 0.4) is 0 Å². The molecular weight excluding hydrogens is 316 g/mol. The first-order valence-electron chi connectivity index (χ1n) is 6.38.